The zero-order chi connectivity index (χ0) is 44.2. The van der Waals surface area contributed by atoms with Gasteiger partial charge in [-0.05, 0) is 154 Å². The molecule has 2 aliphatic rings. The van der Waals surface area contributed by atoms with Crippen LogP contribution in [0.25, 0.3) is 65.4 Å². The van der Waals surface area contributed by atoms with Gasteiger partial charge < -0.3 is 37.6 Å². The Morgan fingerprint density at radius 1 is 0.318 bits per heavy atom. The second-order valence-electron chi connectivity index (χ2n) is 18.0. The van der Waals surface area contributed by atoms with Gasteiger partial charge in [0.1, 0.15) is 22.3 Å². The third-order valence-corrected chi connectivity index (χ3v) is 13.3. The summed E-state index contributed by atoms with van der Waals surface area (Å²) in [6.45, 7) is 9.32. The fraction of sp³-hybridized carbons (Fsp3) is 0.138. The molecule has 2 aromatic heterocycles. The summed E-state index contributed by atoms with van der Waals surface area (Å²) in [5.74, 6) is 3.87. The van der Waals surface area contributed by atoms with Crippen molar-refractivity contribution >= 4 is 99.5 Å². The van der Waals surface area contributed by atoms with Gasteiger partial charge in [0.2, 0.25) is 13.6 Å². The third kappa shape index (κ3) is 6.27. The van der Waals surface area contributed by atoms with Crippen molar-refractivity contribution in [2.24, 2.45) is 0 Å². The summed E-state index contributed by atoms with van der Waals surface area (Å²) >= 11 is 0. The molecule has 0 amide bonds. The fourth-order valence-electron chi connectivity index (χ4n) is 9.74. The van der Waals surface area contributed by atoms with Gasteiger partial charge in [0.15, 0.2) is 23.0 Å². The monoisotopic (exact) mass is 864 g/mol. The number of furan rings is 2. The van der Waals surface area contributed by atoms with Crippen molar-refractivity contribution in [3.63, 3.8) is 0 Å². The highest BCUT2D eigenvalue weighted by Gasteiger charge is 2.23. The Morgan fingerprint density at radius 2 is 0.667 bits per heavy atom. The normalized spacial score (nSPS) is 13.2. The summed E-state index contributed by atoms with van der Waals surface area (Å²) in [6, 6.07) is 56.1. The minimum atomic E-state index is 0.226. The standard InChI is InChI=1S/C58H44N2O6/c1-33(2)35-5-11-41(12-6-35)59(45-17-19-51-57(27-45)63-31-61-51)43-15-9-37-23-47-49-29-56-50(30-55(49)65-53(47)25-39(37)21-43)48-24-38-10-16-44(22-40(38)26-54(48)66-56)60(42-13-7-36(8-14-42)34(3)4)46-18-20-52-58(28-46)64-32-62-52/h5-30,33-34H,31-32H2,1-4H3. The third-order valence-electron chi connectivity index (χ3n) is 13.3. The molecule has 0 bridgehead atoms. The molecular weight excluding hydrogens is 821 g/mol. The van der Waals surface area contributed by atoms with E-state index in [1.807, 2.05) is 12.1 Å². The van der Waals surface area contributed by atoms with Crippen molar-refractivity contribution in [3.8, 4) is 23.0 Å². The average Bonchev–Trinajstić information content (AvgIpc) is 4.15. The van der Waals surface area contributed by atoms with Crippen LogP contribution in [0, 0.1) is 0 Å². The topological polar surface area (TPSA) is 69.7 Å². The highest BCUT2D eigenvalue weighted by atomic mass is 16.7. The van der Waals surface area contributed by atoms with Crippen molar-refractivity contribution in [1.29, 1.82) is 0 Å². The second-order valence-corrected chi connectivity index (χ2v) is 18.0. The number of benzene rings is 9. The van der Waals surface area contributed by atoms with Crippen LogP contribution in [0.15, 0.2) is 167 Å². The predicted molar refractivity (Wildman–Crippen MR) is 266 cm³/mol. The van der Waals surface area contributed by atoms with E-state index in [-0.39, 0.29) is 13.6 Å². The molecule has 11 aromatic rings. The summed E-state index contributed by atoms with van der Waals surface area (Å²) in [6.07, 6.45) is 0. The minimum Gasteiger partial charge on any atom is -0.456 e. The van der Waals surface area contributed by atoms with Crippen LogP contribution in [0.3, 0.4) is 0 Å². The molecule has 2 aliphatic heterocycles. The van der Waals surface area contributed by atoms with E-state index in [0.717, 1.165) is 123 Å². The van der Waals surface area contributed by atoms with Gasteiger partial charge in [-0.15, -0.1) is 0 Å². The van der Waals surface area contributed by atoms with Gasteiger partial charge in [-0.2, -0.15) is 0 Å². The highest BCUT2D eigenvalue weighted by Crippen LogP contribution is 2.46. The molecule has 322 valence electrons. The molecule has 0 radical (unpaired) electrons. The lowest BCUT2D eigenvalue weighted by Crippen LogP contribution is -2.10. The van der Waals surface area contributed by atoms with Crippen molar-refractivity contribution in [3.05, 3.63) is 169 Å². The van der Waals surface area contributed by atoms with Crippen LogP contribution >= 0.6 is 0 Å². The molecule has 0 saturated heterocycles. The first-order chi connectivity index (χ1) is 32.3. The van der Waals surface area contributed by atoms with Crippen LogP contribution in [-0.2, 0) is 0 Å². The van der Waals surface area contributed by atoms with E-state index in [4.69, 9.17) is 27.8 Å². The maximum absolute atomic E-state index is 6.70. The van der Waals surface area contributed by atoms with Crippen LogP contribution in [-0.4, -0.2) is 13.6 Å². The Labute approximate surface area is 380 Å². The van der Waals surface area contributed by atoms with Gasteiger partial charge in [0.05, 0.1) is 11.4 Å². The first-order valence-electron chi connectivity index (χ1n) is 22.6. The lowest BCUT2D eigenvalue weighted by Gasteiger charge is -2.26. The van der Waals surface area contributed by atoms with E-state index in [9.17, 15) is 0 Å². The van der Waals surface area contributed by atoms with Crippen molar-refractivity contribution in [2.45, 2.75) is 39.5 Å². The number of ether oxygens (including phenoxy) is 4. The Kier molecular flexibility index (Phi) is 8.56. The zero-order valence-electron chi connectivity index (χ0n) is 36.9. The lowest BCUT2D eigenvalue weighted by molar-refractivity contribution is 0.173. The van der Waals surface area contributed by atoms with Crippen molar-refractivity contribution < 1.29 is 27.8 Å². The summed E-state index contributed by atoms with van der Waals surface area (Å²) in [5, 5.41) is 8.52. The van der Waals surface area contributed by atoms with Gasteiger partial charge >= 0.3 is 0 Å². The predicted octanol–water partition coefficient (Wildman–Crippen LogP) is 16.4. The summed E-state index contributed by atoms with van der Waals surface area (Å²) in [5.41, 5.74) is 12.0. The number of hydrogen-bond acceptors (Lipinski definition) is 8. The van der Waals surface area contributed by atoms with E-state index in [1.54, 1.807) is 0 Å². The number of hydrogen-bond donors (Lipinski definition) is 0. The van der Waals surface area contributed by atoms with Crippen molar-refractivity contribution in [1.82, 2.24) is 0 Å². The van der Waals surface area contributed by atoms with Gasteiger partial charge in [-0.1, -0.05) is 64.1 Å². The Bertz CT molecular complexity index is 3490. The molecule has 8 nitrogen and oxygen atoms in total. The van der Waals surface area contributed by atoms with E-state index in [1.165, 1.54) is 11.1 Å². The number of fused-ring (bicyclic) bond motifs is 10. The Balaban J connectivity index is 0.883. The summed E-state index contributed by atoms with van der Waals surface area (Å²) < 4.78 is 36.3. The van der Waals surface area contributed by atoms with Crippen LogP contribution in [0.4, 0.5) is 34.1 Å². The maximum Gasteiger partial charge on any atom is 0.231 e. The van der Waals surface area contributed by atoms with Gasteiger partial charge in [-0.25, -0.2) is 0 Å². The van der Waals surface area contributed by atoms with Gasteiger partial charge in [0, 0.05) is 56.4 Å². The van der Waals surface area contributed by atoms with Crippen molar-refractivity contribution in [2.75, 3.05) is 23.4 Å². The quantitative estimate of drug-likeness (QED) is 0.150. The van der Waals surface area contributed by atoms with Crippen LogP contribution in [0.1, 0.15) is 50.7 Å². The van der Waals surface area contributed by atoms with Crippen LogP contribution in [0.2, 0.25) is 0 Å². The smallest absolute Gasteiger partial charge is 0.231 e. The molecule has 0 atom stereocenters. The van der Waals surface area contributed by atoms with E-state index in [2.05, 4.69) is 183 Å². The molecule has 0 saturated carbocycles. The molecular formula is C58H44N2O6. The Hall–Kier alpha value is -8.10. The maximum atomic E-state index is 6.70. The largest absolute Gasteiger partial charge is 0.456 e. The van der Waals surface area contributed by atoms with E-state index in [0.29, 0.717) is 11.8 Å². The van der Waals surface area contributed by atoms with Gasteiger partial charge in [0.25, 0.3) is 0 Å². The first kappa shape index (κ1) is 38.4. The van der Waals surface area contributed by atoms with E-state index < -0.39 is 0 Å². The molecule has 66 heavy (non-hydrogen) atoms. The lowest BCUT2D eigenvalue weighted by atomic mass is 10.0. The molecule has 0 spiro atoms. The zero-order valence-corrected chi connectivity index (χ0v) is 36.9. The molecule has 9 aromatic carbocycles. The molecule has 0 aliphatic carbocycles. The number of rotatable bonds is 8. The molecule has 0 unspecified atom stereocenters. The first-order valence-corrected chi connectivity index (χ1v) is 22.6. The average molecular weight is 865 g/mol. The van der Waals surface area contributed by atoms with Gasteiger partial charge in [-0.3, -0.25) is 0 Å². The molecule has 13 rings (SSSR count). The second kappa shape index (κ2) is 14.7. The fourth-order valence-corrected chi connectivity index (χ4v) is 9.74. The van der Waals surface area contributed by atoms with Crippen LogP contribution < -0.4 is 28.7 Å². The van der Waals surface area contributed by atoms with E-state index >= 15 is 0 Å². The number of nitrogens with zero attached hydrogens (tertiary/aromatic N) is 2. The molecule has 4 heterocycles. The van der Waals surface area contributed by atoms with Crippen LogP contribution in [0.5, 0.6) is 23.0 Å². The SMILES string of the molecule is CC(C)c1ccc(N(c2ccc3c(c2)OCO3)c2ccc3cc4c(cc3c2)oc2cc3c(cc24)oc2cc4cc(N(c5ccc(C(C)C)cc5)c5ccc6c(c5)OCO6)ccc4cc23)cc1. The summed E-state index contributed by atoms with van der Waals surface area (Å²) in [7, 11) is 0. The Morgan fingerprint density at radius 3 is 1.09 bits per heavy atom. The molecule has 8 heteroatoms. The summed E-state index contributed by atoms with van der Waals surface area (Å²) in [4.78, 5) is 4.53. The molecule has 0 N–H and O–H groups in total. The highest BCUT2D eigenvalue weighted by molar-refractivity contribution is 6.18. The number of anilines is 6. The minimum absolute atomic E-state index is 0.226. The molecule has 0 fully saturated rings.